The van der Waals surface area contributed by atoms with Gasteiger partial charge in [0, 0.05) is 17.0 Å². The van der Waals surface area contributed by atoms with Crippen molar-refractivity contribution in [2.45, 2.75) is 45.5 Å². The van der Waals surface area contributed by atoms with Gasteiger partial charge in [0.25, 0.3) is 0 Å². The fraction of sp³-hybridized carbons (Fsp3) is 0.438. The summed E-state index contributed by atoms with van der Waals surface area (Å²) in [4.78, 5) is 7.18. The van der Waals surface area contributed by atoms with E-state index in [9.17, 15) is 8.78 Å². The van der Waals surface area contributed by atoms with E-state index in [1.807, 2.05) is 33.8 Å². The molecule has 1 aromatic carbocycles. The molecule has 0 radical (unpaired) electrons. The Balaban J connectivity index is 2.20. The number of benzene rings is 1. The normalized spacial score (nSPS) is 15.8. The summed E-state index contributed by atoms with van der Waals surface area (Å²) in [5, 5.41) is 0. The zero-order valence-electron chi connectivity index (χ0n) is 12.1. The van der Waals surface area contributed by atoms with Gasteiger partial charge in [-0.25, -0.2) is 4.98 Å². The highest BCUT2D eigenvalue weighted by Crippen LogP contribution is 2.50. The van der Waals surface area contributed by atoms with Crippen LogP contribution >= 0.6 is 0 Å². The third-order valence-corrected chi connectivity index (χ3v) is 3.89. The minimum Gasteiger partial charge on any atom is -0.340 e. The fourth-order valence-electron chi connectivity index (χ4n) is 2.61. The molecule has 3 rings (SSSR count). The number of nitrogens with one attached hydrogen (secondary N) is 1. The molecule has 0 aliphatic heterocycles. The largest absolute Gasteiger partial charge is 0.340 e. The maximum atomic E-state index is 14.6. The van der Waals surface area contributed by atoms with Crippen LogP contribution in [0, 0.1) is 0 Å². The van der Waals surface area contributed by atoms with Crippen LogP contribution in [0.5, 0.6) is 0 Å². The summed E-state index contributed by atoms with van der Waals surface area (Å²) in [6, 6.07) is 5.30. The minimum atomic E-state index is -2.98. The number of hydrogen-bond donors (Lipinski definition) is 1. The van der Waals surface area contributed by atoms with Crippen molar-refractivity contribution in [3.63, 3.8) is 0 Å². The Kier molecular flexibility index (Phi) is 2.75. The molecule has 0 amide bonds. The summed E-state index contributed by atoms with van der Waals surface area (Å²) in [6.07, 6.45) is 0. The number of alkyl halides is 2. The zero-order chi connectivity index (χ0) is 14.7. The van der Waals surface area contributed by atoms with Crippen LogP contribution in [0.3, 0.4) is 0 Å². The van der Waals surface area contributed by atoms with E-state index in [-0.39, 0.29) is 23.1 Å². The number of H-pyrrole nitrogens is 1. The minimum absolute atomic E-state index is 0.0582. The number of halogens is 2. The second kappa shape index (κ2) is 4.14. The van der Waals surface area contributed by atoms with Crippen molar-refractivity contribution in [2.24, 2.45) is 0 Å². The molecule has 106 valence electrons. The highest BCUT2D eigenvalue weighted by atomic mass is 19.3. The first-order valence-electron chi connectivity index (χ1n) is 6.95. The van der Waals surface area contributed by atoms with Crippen LogP contribution < -0.4 is 0 Å². The highest BCUT2D eigenvalue weighted by Gasteiger charge is 2.47. The lowest BCUT2D eigenvalue weighted by molar-refractivity contribution is 0.0434. The van der Waals surface area contributed by atoms with Gasteiger partial charge in [-0.15, -0.1) is 0 Å². The third kappa shape index (κ3) is 1.70. The lowest BCUT2D eigenvalue weighted by Gasteiger charge is -2.14. The second-order valence-electron chi connectivity index (χ2n) is 6.03. The third-order valence-electron chi connectivity index (χ3n) is 3.89. The van der Waals surface area contributed by atoms with Gasteiger partial charge in [0.05, 0.1) is 5.69 Å². The maximum Gasteiger partial charge on any atom is 0.315 e. The van der Waals surface area contributed by atoms with Gasteiger partial charge in [-0.2, -0.15) is 8.78 Å². The van der Waals surface area contributed by atoms with E-state index < -0.39 is 5.92 Å². The molecule has 0 unspecified atom stereocenters. The van der Waals surface area contributed by atoms with Gasteiger partial charge < -0.3 is 4.98 Å². The lowest BCUT2D eigenvalue weighted by Crippen LogP contribution is -2.13. The number of nitrogens with zero attached hydrogens (tertiary/aromatic N) is 1. The molecule has 0 spiro atoms. The molecule has 0 saturated carbocycles. The fourth-order valence-corrected chi connectivity index (χ4v) is 2.61. The molecule has 1 heterocycles. The molecular weight excluding hydrogens is 258 g/mol. The van der Waals surface area contributed by atoms with Crippen molar-refractivity contribution >= 4 is 0 Å². The zero-order valence-corrected chi connectivity index (χ0v) is 12.1. The molecular formula is C16H18F2N2. The molecule has 1 aliphatic rings. The van der Waals surface area contributed by atoms with Gasteiger partial charge >= 0.3 is 5.92 Å². The van der Waals surface area contributed by atoms with Gasteiger partial charge in [0.15, 0.2) is 0 Å². The van der Waals surface area contributed by atoms with Gasteiger partial charge in [0.1, 0.15) is 11.5 Å². The van der Waals surface area contributed by atoms with Crippen molar-refractivity contribution in [1.82, 2.24) is 9.97 Å². The maximum absolute atomic E-state index is 14.6. The van der Waals surface area contributed by atoms with E-state index in [0.717, 1.165) is 5.56 Å². The van der Waals surface area contributed by atoms with E-state index >= 15 is 0 Å². The molecule has 4 heteroatoms. The Labute approximate surface area is 117 Å². The Hall–Kier alpha value is -1.71. The van der Waals surface area contributed by atoms with Crippen LogP contribution in [-0.4, -0.2) is 9.97 Å². The quantitative estimate of drug-likeness (QED) is 0.840. The number of imidazole rings is 1. The Morgan fingerprint density at radius 3 is 2.40 bits per heavy atom. The Morgan fingerprint density at radius 2 is 1.80 bits per heavy atom. The number of fused-ring (bicyclic) bond motifs is 3. The predicted octanol–water partition coefficient (Wildman–Crippen LogP) is 4.78. The summed E-state index contributed by atoms with van der Waals surface area (Å²) >= 11 is 0. The lowest BCUT2D eigenvalue weighted by atomic mass is 9.97. The molecule has 1 N–H and O–H groups in total. The number of rotatable bonds is 2. The first-order valence-corrected chi connectivity index (χ1v) is 6.95. The average Bonchev–Trinajstić information content (AvgIpc) is 2.90. The Bertz CT molecular complexity index is 669. The number of aromatic amines is 1. The van der Waals surface area contributed by atoms with Crippen LogP contribution in [0.4, 0.5) is 8.78 Å². The van der Waals surface area contributed by atoms with Crippen molar-refractivity contribution in [3.8, 4) is 11.3 Å². The van der Waals surface area contributed by atoms with Crippen LogP contribution in [-0.2, 0) is 5.92 Å². The first kappa shape index (κ1) is 13.3. The van der Waals surface area contributed by atoms with Crippen LogP contribution in [0.2, 0.25) is 0 Å². The monoisotopic (exact) mass is 276 g/mol. The SMILES string of the molecule is CC(C)c1ccc2c(c1)C(F)(F)c1[nH]c(C(C)C)nc1-2. The van der Waals surface area contributed by atoms with Crippen molar-refractivity contribution < 1.29 is 8.78 Å². The van der Waals surface area contributed by atoms with Gasteiger partial charge in [-0.1, -0.05) is 39.8 Å². The summed E-state index contributed by atoms with van der Waals surface area (Å²) in [5.41, 5.74) is 1.91. The molecule has 0 atom stereocenters. The summed E-state index contributed by atoms with van der Waals surface area (Å²) < 4.78 is 29.2. The standard InChI is InChI=1S/C16H18F2N2/c1-8(2)10-5-6-11-12(7-10)16(17,18)14-13(11)19-15(20-14)9(3)4/h5-9H,1-4H3,(H,19,20). The molecule has 0 bridgehead atoms. The molecule has 1 aromatic heterocycles. The van der Waals surface area contributed by atoms with E-state index in [2.05, 4.69) is 9.97 Å². The highest BCUT2D eigenvalue weighted by molar-refractivity contribution is 5.75. The number of aromatic nitrogens is 2. The summed E-state index contributed by atoms with van der Waals surface area (Å²) in [6.45, 7) is 7.89. The smallest absolute Gasteiger partial charge is 0.315 e. The summed E-state index contributed by atoms with van der Waals surface area (Å²) in [5.74, 6) is -2.02. The Morgan fingerprint density at radius 1 is 1.10 bits per heavy atom. The van der Waals surface area contributed by atoms with Crippen LogP contribution in [0.15, 0.2) is 18.2 Å². The molecule has 20 heavy (non-hydrogen) atoms. The van der Waals surface area contributed by atoms with Crippen molar-refractivity contribution in [1.29, 1.82) is 0 Å². The van der Waals surface area contributed by atoms with Crippen molar-refractivity contribution in [3.05, 3.63) is 40.8 Å². The first-order chi connectivity index (χ1) is 9.32. The molecule has 0 fully saturated rings. The summed E-state index contributed by atoms with van der Waals surface area (Å²) in [7, 11) is 0. The van der Waals surface area contributed by atoms with Gasteiger partial charge in [-0.3, -0.25) is 0 Å². The second-order valence-corrected chi connectivity index (χ2v) is 6.03. The van der Waals surface area contributed by atoms with E-state index in [4.69, 9.17) is 0 Å². The molecule has 1 aliphatic carbocycles. The topological polar surface area (TPSA) is 28.7 Å². The number of hydrogen-bond acceptors (Lipinski definition) is 1. The molecule has 2 aromatic rings. The van der Waals surface area contributed by atoms with Crippen molar-refractivity contribution in [2.75, 3.05) is 0 Å². The molecule has 0 saturated heterocycles. The average molecular weight is 276 g/mol. The predicted molar refractivity (Wildman–Crippen MR) is 75.2 cm³/mol. The van der Waals surface area contributed by atoms with Gasteiger partial charge in [-0.05, 0) is 17.5 Å². The van der Waals surface area contributed by atoms with E-state index in [1.54, 1.807) is 12.1 Å². The van der Waals surface area contributed by atoms with E-state index in [1.165, 1.54) is 0 Å². The van der Waals surface area contributed by atoms with Crippen LogP contribution in [0.25, 0.3) is 11.3 Å². The van der Waals surface area contributed by atoms with Crippen LogP contribution in [0.1, 0.15) is 62.2 Å². The van der Waals surface area contributed by atoms with E-state index in [0.29, 0.717) is 17.1 Å². The van der Waals surface area contributed by atoms with Gasteiger partial charge in [0.2, 0.25) is 0 Å². The molecule has 2 nitrogen and oxygen atoms in total.